The summed E-state index contributed by atoms with van der Waals surface area (Å²) in [6.45, 7) is 2.72. The van der Waals surface area contributed by atoms with Gasteiger partial charge in [0.15, 0.2) is 0 Å². The lowest BCUT2D eigenvalue weighted by molar-refractivity contribution is -0.121. The Morgan fingerprint density at radius 3 is 2.74 bits per heavy atom. The number of aromatic nitrogens is 1. The number of halogens is 1. The van der Waals surface area contributed by atoms with Crippen molar-refractivity contribution in [3.8, 4) is 0 Å². The van der Waals surface area contributed by atoms with Crippen molar-refractivity contribution in [1.82, 2.24) is 10.3 Å². The largest absolute Gasteiger partial charge is 0.361 e. The number of rotatable bonds is 5. The Morgan fingerprint density at radius 1 is 1.19 bits per heavy atom. The van der Waals surface area contributed by atoms with Gasteiger partial charge in [0, 0.05) is 28.1 Å². The number of imide groups is 1. The molecule has 5 nitrogen and oxygen atoms in total. The van der Waals surface area contributed by atoms with E-state index in [1.807, 2.05) is 18.3 Å². The Balaban J connectivity index is 1.41. The van der Waals surface area contributed by atoms with E-state index in [0.717, 1.165) is 16.4 Å². The molecule has 0 spiro atoms. The molecule has 0 radical (unpaired) electrons. The molecule has 0 bridgehead atoms. The molecule has 4 rings (SSSR count). The van der Waals surface area contributed by atoms with Gasteiger partial charge in [0.1, 0.15) is 0 Å². The van der Waals surface area contributed by atoms with Crippen LogP contribution in [0.1, 0.15) is 17.5 Å². The predicted octanol–water partition coefficient (Wildman–Crippen LogP) is 3.70. The van der Waals surface area contributed by atoms with Crippen LogP contribution in [0, 0.1) is 6.92 Å². The smallest absolute Gasteiger partial charge is 0.251 e. The summed E-state index contributed by atoms with van der Waals surface area (Å²) in [5.74, 6) is -0.348. The number of nitrogens with zero attached hydrogens (tertiary/aromatic N) is 1. The maximum atomic E-state index is 12.7. The zero-order chi connectivity index (χ0) is 19.0. The highest BCUT2D eigenvalue weighted by Gasteiger charge is 2.39. The Bertz CT molecular complexity index is 1010. The van der Waals surface area contributed by atoms with Crippen molar-refractivity contribution in [3.63, 3.8) is 0 Å². The summed E-state index contributed by atoms with van der Waals surface area (Å²) in [5, 5.41) is 4.47. The molecule has 2 N–H and O–H groups in total. The van der Waals surface area contributed by atoms with Gasteiger partial charge in [0.25, 0.3) is 5.91 Å². The van der Waals surface area contributed by atoms with Gasteiger partial charge in [-0.1, -0.05) is 27.6 Å². The number of aromatic amines is 1. The van der Waals surface area contributed by atoms with E-state index in [4.69, 9.17) is 0 Å². The summed E-state index contributed by atoms with van der Waals surface area (Å²) in [4.78, 5) is 29.6. The molecule has 0 saturated carbocycles. The predicted molar refractivity (Wildman–Crippen MR) is 110 cm³/mol. The first-order valence-electron chi connectivity index (χ1n) is 8.95. The fourth-order valence-electron chi connectivity index (χ4n) is 3.53. The quantitative estimate of drug-likeness (QED) is 0.612. The average Bonchev–Trinajstić information content (AvgIpc) is 3.17. The zero-order valence-electron chi connectivity index (χ0n) is 15.0. The Kier molecular flexibility index (Phi) is 4.85. The topological polar surface area (TPSA) is 65.2 Å². The van der Waals surface area contributed by atoms with Crippen LogP contribution in [0.3, 0.4) is 0 Å². The number of nitrogens with one attached hydrogen (secondary N) is 2. The number of amides is 2. The van der Waals surface area contributed by atoms with Gasteiger partial charge in [-0.2, -0.15) is 0 Å². The fourth-order valence-corrected chi connectivity index (χ4v) is 3.80. The second-order valence-corrected chi connectivity index (χ2v) is 7.78. The summed E-state index contributed by atoms with van der Waals surface area (Å²) in [5.41, 5.74) is 4.16. The van der Waals surface area contributed by atoms with Gasteiger partial charge >= 0.3 is 0 Å². The van der Waals surface area contributed by atoms with Crippen LogP contribution in [-0.4, -0.2) is 29.4 Å². The second kappa shape index (κ2) is 7.29. The van der Waals surface area contributed by atoms with Crippen molar-refractivity contribution in [2.45, 2.75) is 25.8 Å². The molecule has 2 amide bonds. The van der Waals surface area contributed by atoms with Gasteiger partial charge < -0.3 is 10.3 Å². The number of anilines is 1. The van der Waals surface area contributed by atoms with Crippen LogP contribution in [0.4, 0.5) is 5.69 Å². The third-order valence-corrected chi connectivity index (χ3v) is 5.47. The minimum Gasteiger partial charge on any atom is -0.361 e. The molecular formula is C21H20BrN3O2. The van der Waals surface area contributed by atoms with E-state index in [1.165, 1.54) is 21.4 Å². The minimum atomic E-state index is -0.465. The number of hydrogen-bond acceptors (Lipinski definition) is 3. The van der Waals surface area contributed by atoms with Gasteiger partial charge in [-0.05, 0) is 55.3 Å². The SMILES string of the molecule is Cc1ccc2[nH]cc(CCN[C@H]3CC(=O)N(c4ccc(Br)cc4)C3=O)c2c1. The molecule has 1 fully saturated rings. The lowest BCUT2D eigenvalue weighted by Crippen LogP contribution is -2.39. The fraction of sp³-hybridized carbons (Fsp3) is 0.238. The number of carbonyl (C=O) groups is 2. The average molecular weight is 426 g/mol. The Labute approximate surface area is 165 Å². The minimum absolute atomic E-state index is 0.164. The molecule has 0 aliphatic carbocycles. The number of benzene rings is 2. The summed E-state index contributed by atoms with van der Waals surface area (Å²) in [6.07, 6.45) is 3.00. The molecule has 0 unspecified atom stereocenters. The monoisotopic (exact) mass is 425 g/mol. The lowest BCUT2D eigenvalue weighted by atomic mass is 10.1. The Hall–Kier alpha value is -2.44. The normalized spacial score (nSPS) is 17.3. The number of H-pyrrole nitrogens is 1. The number of hydrogen-bond donors (Lipinski definition) is 2. The first-order chi connectivity index (χ1) is 13.0. The Morgan fingerprint density at radius 2 is 1.96 bits per heavy atom. The first kappa shape index (κ1) is 17.9. The zero-order valence-corrected chi connectivity index (χ0v) is 16.5. The summed E-state index contributed by atoms with van der Waals surface area (Å²) < 4.78 is 0.911. The van der Waals surface area contributed by atoms with Crippen LogP contribution in [-0.2, 0) is 16.0 Å². The third kappa shape index (κ3) is 3.55. The van der Waals surface area contributed by atoms with Gasteiger partial charge in [-0.3, -0.25) is 9.59 Å². The van der Waals surface area contributed by atoms with Crippen molar-refractivity contribution in [2.24, 2.45) is 0 Å². The van der Waals surface area contributed by atoms with E-state index in [1.54, 1.807) is 12.1 Å². The highest BCUT2D eigenvalue weighted by molar-refractivity contribution is 9.10. The number of aryl methyl sites for hydroxylation is 1. The molecule has 138 valence electrons. The molecule has 1 aromatic heterocycles. The summed E-state index contributed by atoms with van der Waals surface area (Å²) in [6, 6.07) is 13.1. The lowest BCUT2D eigenvalue weighted by Gasteiger charge is -2.15. The number of fused-ring (bicyclic) bond motifs is 1. The maximum absolute atomic E-state index is 12.7. The van der Waals surface area contributed by atoms with Crippen LogP contribution >= 0.6 is 15.9 Å². The number of carbonyl (C=O) groups excluding carboxylic acids is 2. The van der Waals surface area contributed by atoms with Crippen LogP contribution in [0.2, 0.25) is 0 Å². The van der Waals surface area contributed by atoms with Crippen LogP contribution in [0.15, 0.2) is 53.1 Å². The molecule has 6 heteroatoms. The molecule has 27 heavy (non-hydrogen) atoms. The van der Waals surface area contributed by atoms with Gasteiger partial charge in [0.2, 0.25) is 5.91 Å². The van der Waals surface area contributed by atoms with Crippen molar-refractivity contribution in [1.29, 1.82) is 0 Å². The van der Waals surface area contributed by atoms with E-state index >= 15 is 0 Å². The molecule has 3 aromatic rings. The summed E-state index contributed by atoms with van der Waals surface area (Å²) in [7, 11) is 0. The standard InChI is InChI=1S/C21H20BrN3O2/c1-13-2-7-18-17(10-13)14(12-24-18)8-9-23-19-11-20(26)25(21(19)27)16-5-3-15(22)4-6-16/h2-7,10,12,19,23-24H,8-9,11H2,1H3/t19-/m0/s1. The second-order valence-electron chi connectivity index (χ2n) is 6.87. The van der Waals surface area contributed by atoms with Crippen LogP contribution < -0.4 is 10.2 Å². The van der Waals surface area contributed by atoms with E-state index in [-0.39, 0.29) is 18.2 Å². The van der Waals surface area contributed by atoms with E-state index in [2.05, 4.69) is 51.4 Å². The van der Waals surface area contributed by atoms with Gasteiger partial charge in [0.05, 0.1) is 18.2 Å². The van der Waals surface area contributed by atoms with Crippen LogP contribution in [0.5, 0.6) is 0 Å². The van der Waals surface area contributed by atoms with Gasteiger partial charge in [-0.15, -0.1) is 0 Å². The highest BCUT2D eigenvalue weighted by Crippen LogP contribution is 2.25. The van der Waals surface area contributed by atoms with Crippen molar-refractivity contribution >= 4 is 44.3 Å². The van der Waals surface area contributed by atoms with Crippen molar-refractivity contribution in [2.75, 3.05) is 11.4 Å². The summed E-state index contributed by atoms with van der Waals surface area (Å²) >= 11 is 3.37. The highest BCUT2D eigenvalue weighted by atomic mass is 79.9. The third-order valence-electron chi connectivity index (χ3n) is 4.94. The molecule has 1 saturated heterocycles. The van der Waals surface area contributed by atoms with E-state index in [0.29, 0.717) is 12.2 Å². The van der Waals surface area contributed by atoms with Crippen molar-refractivity contribution < 1.29 is 9.59 Å². The maximum Gasteiger partial charge on any atom is 0.251 e. The molecule has 1 aliphatic rings. The molecular weight excluding hydrogens is 406 g/mol. The van der Waals surface area contributed by atoms with E-state index < -0.39 is 6.04 Å². The molecule has 1 aliphatic heterocycles. The van der Waals surface area contributed by atoms with E-state index in [9.17, 15) is 9.59 Å². The first-order valence-corrected chi connectivity index (χ1v) is 9.74. The van der Waals surface area contributed by atoms with Crippen molar-refractivity contribution in [3.05, 3.63) is 64.3 Å². The molecule has 2 aromatic carbocycles. The van der Waals surface area contributed by atoms with Crippen LogP contribution in [0.25, 0.3) is 10.9 Å². The molecule has 2 heterocycles. The van der Waals surface area contributed by atoms with Gasteiger partial charge in [-0.25, -0.2) is 4.90 Å². The molecule has 1 atom stereocenters.